The fourth-order valence-electron chi connectivity index (χ4n) is 1.98. The fourth-order valence-corrected chi connectivity index (χ4v) is 1.98. The second kappa shape index (κ2) is 5.71. The zero-order valence-corrected chi connectivity index (χ0v) is 11.1. The highest BCUT2D eigenvalue weighted by molar-refractivity contribution is 6.00. The molecular formula is C14H22N2O. The van der Waals surface area contributed by atoms with Gasteiger partial charge in [-0.2, -0.15) is 0 Å². The van der Waals surface area contributed by atoms with Crippen LogP contribution in [0.15, 0.2) is 18.2 Å². The highest BCUT2D eigenvalue weighted by atomic mass is 16.1. The van der Waals surface area contributed by atoms with E-state index in [4.69, 9.17) is 5.73 Å². The average molecular weight is 234 g/mol. The maximum atomic E-state index is 12.2. The second-order valence-corrected chi connectivity index (χ2v) is 4.77. The van der Waals surface area contributed by atoms with Crippen LogP contribution in [0.4, 0.5) is 5.69 Å². The minimum Gasteiger partial charge on any atom is -0.398 e. The van der Waals surface area contributed by atoms with Crippen molar-refractivity contribution in [2.24, 2.45) is 5.92 Å². The van der Waals surface area contributed by atoms with Gasteiger partial charge < -0.3 is 11.1 Å². The third kappa shape index (κ3) is 3.22. The zero-order valence-electron chi connectivity index (χ0n) is 11.1. The van der Waals surface area contributed by atoms with E-state index in [9.17, 15) is 4.79 Å². The summed E-state index contributed by atoms with van der Waals surface area (Å²) in [6, 6.07) is 5.72. The first-order valence-corrected chi connectivity index (χ1v) is 6.13. The van der Waals surface area contributed by atoms with Crippen molar-refractivity contribution in [1.82, 2.24) is 5.32 Å². The van der Waals surface area contributed by atoms with Crippen molar-refractivity contribution < 1.29 is 4.79 Å². The van der Waals surface area contributed by atoms with E-state index in [1.807, 2.05) is 19.1 Å². The molecule has 0 aliphatic rings. The van der Waals surface area contributed by atoms with Crippen molar-refractivity contribution in [3.05, 3.63) is 29.3 Å². The molecule has 17 heavy (non-hydrogen) atoms. The van der Waals surface area contributed by atoms with Gasteiger partial charge in [0, 0.05) is 11.7 Å². The molecule has 0 fully saturated rings. The Morgan fingerprint density at radius 1 is 1.41 bits per heavy atom. The molecule has 0 aliphatic carbocycles. The molecule has 0 saturated carbocycles. The number of anilines is 1. The topological polar surface area (TPSA) is 55.1 Å². The van der Waals surface area contributed by atoms with Crippen molar-refractivity contribution in [1.29, 1.82) is 0 Å². The summed E-state index contributed by atoms with van der Waals surface area (Å²) in [5.41, 5.74) is 7.92. The van der Waals surface area contributed by atoms with Crippen LogP contribution in [0.25, 0.3) is 0 Å². The van der Waals surface area contributed by atoms with Gasteiger partial charge in [0.25, 0.3) is 5.91 Å². The number of amides is 1. The summed E-state index contributed by atoms with van der Waals surface area (Å²) in [4.78, 5) is 12.2. The zero-order chi connectivity index (χ0) is 13.0. The van der Waals surface area contributed by atoms with Crippen LogP contribution < -0.4 is 11.1 Å². The number of carbonyl (C=O) groups is 1. The average Bonchev–Trinajstić information content (AvgIpc) is 2.25. The molecule has 0 aliphatic heterocycles. The van der Waals surface area contributed by atoms with Gasteiger partial charge in [-0.25, -0.2) is 0 Å². The molecule has 0 bridgehead atoms. The minimum absolute atomic E-state index is 0.0684. The van der Waals surface area contributed by atoms with Crippen LogP contribution in [0.2, 0.25) is 0 Å². The van der Waals surface area contributed by atoms with Gasteiger partial charge in [0.1, 0.15) is 0 Å². The third-order valence-corrected chi connectivity index (χ3v) is 3.09. The van der Waals surface area contributed by atoms with Gasteiger partial charge in [0.2, 0.25) is 0 Å². The molecule has 1 atom stereocenters. The summed E-state index contributed by atoms with van der Waals surface area (Å²) in [5.74, 6) is 0.357. The van der Waals surface area contributed by atoms with E-state index in [0.29, 0.717) is 17.2 Å². The Balaban J connectivity index is 2.90. The molecule has 3 nitrogen and oxygen atoms in total. The van der Waals surface area contributed by atoms with E-state index >= 15 is 0 Å². The van der Waals surface area contributed by atoms with Crippen LogP contribution in [0.3, 0.4) is 0 Å². The van der Waals surface area contributed by atoms with Crippen molar-refractivity contribution in [3.63, 3.8) is 0 Å². The van der Waals surface area contributed by atoms with Crippen LogP contribution >= 0.6 is 0 Å². The monoisotopic (exact) mass is 234 g/mol. The van der Waals surface area contributed by atoms with Crippen molar-refractivity contribution in [2.75, 3.05) is 5.73 Å². The Labute approximate surface area is 103 Å². The molecule has 0 saturated heterocycles. The van der Waals surface area contributed by atoms with Gasteiger partial charge in [-0.1, -0.05) is 32.9 Å². The largest absolute Gasteiger partial charge is 0.398 e. The number of aryl methyl sites for hydroxylation is 1. The Hall–Kier alpha value is -1.51. The summed E-state index contributed by atoms with van der Waals surface area (Å²) in [7, 11) is 0. The van der Waals surface area contributed by atoms with E-state index < -0.39 is 0 Å². The Kier molecular flexibility index (Phi) is 4.55. The molecule has 0 spiro atoms. The predicted molar refractivity (Wildman–Crippen MR) is 72.0 cm³/mol. The molecule has 1 amide bonds. The fraction of sp³-hybridized carbons (Fsp3) is 0.500. The van der Waals surface area contributed by atoms with Crippen LogP contribution in [0.1, 0.15) is 43.1 Å². The van der Waals surface area contributed by atoms with Crippen molar-refractivity contribution >= 4 is 11.6 Å². The maximum Gasteiger partial charge on any atom is 0.253 e. The molecule has 1 rings (SSSR count). The predicted octanol–water partition coefficient (Wildman–Crippen LogP) is 2.74. The van der Waals surface area contributed by atoms with Crippen LogP contribution in [0, 0.1) is 12.8 Å². The lowest BCUT2D eigenvalue weighted by Crippen LogP contribution is -2.38. The second-order valence-electron chi connectivity index (χ2n) is 4.77. The minimum atomic E-state index is -0.0684. The van der Waals surface area contributed by atoms with E-state index in [1.165, 1.54) is 0 Å². The van der Waals surface area contributed by atoms with Crippen LogP contribution in [-0.2, 0) is 0 Å². The number of benzene rings is 1. The molecule has 0 heterocycles. The summed E-state index contributed by atoms with van der Waals surface area (Å²) >= 11 is 0. The van der Waals surface area contributed by atoms with Gasteiger partial charge in [-0.05, 0) is 30.9 Å². The number of rotatable bonds is 4. The van der Waals surface area contributed by atoms with Crippen LogP contribution in [0.5, 0.6) is 0 Å². The maximum absolute atomic E-state index is 12.2. The first kappa shape index (κ1) is 13.6. The van der Waals surface area contributed by atoms with E-state index in [-0.39, 0.29) is 11.9 Å². The number of nitrogens with one attached hydrogen (secondary N) is 1. The summed E-state index contributed by atoms with van der Waals surface area (Å²) in [6.45, 7) is 8.19. The molecule has 1 aromatic rings. The summed E-state index contributed by atoms with van der Waals surface area (Å²) in [6.07, 6.45) is 0.926. The Morgan fingerprint density at radius 2 is 2.06 bits per heavy atom. The Bertz CT molecular complexity index is 379. The van der Waals surface area contributed by atoms with Crippen LogP contribution in [-0.4, -0.2) is 11.9 Å². The van der Waals surface area contributed by atoms with Gasteiger partial charge in [0.15, 0.2) is 0 Å². The number of hydrogen-bond donors (Lipinski definition) is 2. The normalized spacial score (nSPS) is 12.5. The molecule has 0 radical (unpaired) electrons. The van der Waals surface area contributed by atoms with Gasteiger partial charge in [-0.15, -0.1) is 0 Å². The van der Waals surface area contributed by atoms with E-state index in [2.05, 4.69) is 26.1 Å². The Morgan fingerprint density at radius 3 is 2.53 bits per heavy atom. The van der Waals surface area contributed by atoms with Gasteiger partial charge in [-0.3, -0.25) is 4.79 Å². The quantitative estimate of drug-likeness (QED) is 0.787. The van der Waals surface area contributed by atoms with E-state index in [1.54, 1.807) is 6.07 Å². The lowest BCUT2D eigenvalue weighted by molar-refractivity contribution is 0.0925. The lowest BCUT2D eigenvalue weighted by Gasteiger charge is -2.21. The number of nitrogens with two attached hydrogens (primary N) is 1. The smallest absolute Gasteiger partial charge is 0.253 e. The molecular weight excluding hydrogens is 212 g/mol. The molecule has 1 aromatic carbocycles. The molecule has 3 N–H and O–H groups in total. The van der Waals surface area contributed by atoms with E-state index in [0.717, 1.165) is 12.0 Å². The molecule has 94 valence electrons. The molecule has 3 heteroatoms. The first-order chi connectivity index (χ1) is 7.97. The molecule has 0 aromatic heterocycles. The van der Waals surface area contributed by atoms with Crippen molar-refractivity contribution in [3.8, 4) is 0 Å². The first-order valence-electron chi connectivity index (χ1n) is 6.13. The number of carbonyl (C=O) groups excluding carboxylic acids is 1. The summed E-state index contributed by atoms with van der Waals surface area (Å²) in [5, 5.41) is 3.05. The standard InChI is InChI=1S/C14H22N2O/c1-5-12(9(2)3)16-14(17)13-10(4)7-6-8-11(13)15/h6-9,12H,5,15H2,1-4H3,(H,16,17). The van der Waals surface area contributed by atoms with Gasteiger partial charge >= 0.3 is 0 Å². The highest BCUT2D eigenvalue weighted by Gasteiger charge is 2.18. The van der Waals surface area contributed by atoms with Crippen molar-refractivity contribution in [2.45, 2.75) is 40.2 Å². The SMILES string of the molecule is CCC(NC(=O)c1c(C)cccc1N)C(C)C. The third-order valence-electron chi connectivity index (χ3n) is 3.09. The highest BCUT2D eigenvalue weighted by Crippen LogP contribution is 2.17. The number of nitrogen functional groups attached to an aromatic ring is 1. The van der Waals surface area contributed by atoms with Gasteiger partial charge in [0.05, 0.1) is 5.56 Å². The summed E-state index contributed by atoms with van der Waals surface area (Å²) < 4.78 is 0. The number of hydrogen-bond acceptors (Lipinski definition) is 2. The molecule has 1 unspecified atom stereocenters. The lowest BCUT2D eigenvalue weighted by atomic mass is 10.00.